The maximum atomic E-state index is 2.38. The minimum atomic E-state index is 0.627. The van der Waals surface area contributed by atoms with Gasteiger partial charge < -0.3 is 4.90 Å². The molecule has 1 aromatic rings. The van der Waals surface area contributed by atoms with Gasteiger partial charge >= 0.3 is 0 Å². The molecular formula is C14H23N. The van der Waals surface area contributed by atoms with Crippen LogP contribution in [-0.4, -0.2) is 24.5 Å². The van der Waals surface area contributed by atoms with E-state index in [1.807, 2.05) is 0 Å². The van der Waals surface area contributed by atoms with E-state index in [0.29, 0.717) is 6.04 Å². The van der Waals surface area contributed by atoms with Crippen molar-refractivity contribution in [2.24, 2.45) is 0 Å². The van der Waals surface area contributed by atoms with E-state index < -0.39 is 0 Å². The third kappa shape index (κ3) is 3.67. The molecule has 1 heteroatoms. The number of hydrogen-bond acceptors (Lipinski definition) is 1. The zero-order chi connectivity index (χ0) is 11.3. The summed E-state index contributed by atoms with van der Waals surface area (Å²) < 4.78 is 0. The van der Waals surface area contributed by atoms with Crippen molar-refractivity contribution in [2.75, 3.05) is 13.6 Å². The lowest BCUT2D eigenvalue weighted by atomic mass is 10.0. The van der Waals surface area contributed by atoms with Gasteiger partial charge in [0.25, 0.3) is 0 Å². The van der Waals surface area contributed by atoms with Crippen molar-refractivity contribution >= 4 is 0 Å². The zero-order valence-electron chi connectivity index (χ0n) is 10.5. The number of aryl methyl sites for hydroxylation is 1. The monoisotopic (exact) mass is 205 g/mol. The first-order valence-electron chi connectivity index (χ1n) is 5.95. The average molecular weight is 205 g/mol. The first-order valence-corrected chi connectivity index (χ1v) is 5.95. The molecule has 0 bridgehead atoms. The Balaban J connectivity index is 2.57. The number of rotatable bonds is 5. The van der Waals surface area contributed by atoms with Gasteiger partial charge in [-0.25, -0.2) is 0 Å². The van der Waals surface area contributed by atoms with Gasteiger partial charge in [-0.15, -0.1) is 0 Å². The number of likely N-dealkylation sites (N-methyl/N-ethyl adjacent to an activating group) is 1. The second-order valence-corrected chi connectivity index (χ2v) is 4.30. The van der Waals surface area contributed by atoms with E-state index >= 15 is 0 Å². The lowest BCUT2D eigenvalue weighted by Gasteiger charge is -2.23. The molecule has 0 saturated heterocycles. The summed E-state index contributed by atoms with van der Waals surface area (Å²) in [4.78, 5) is 2.38. The third-order valence-electron chi connectivity index (χ3n) is 3.21. The van der Waals surface area contributed by atoms with Crippen LogP contribution in [0.15, 0.2) is 24.3 Å². The van der Waals surface area contributed by atoms with E-state index in [0.717, 1.165) is 19.4 Å². The standard InChI is InChI=1S/C14H23N/c1-5-13-7-9-14(10-8-13)11-12(3)15(4)6-2/h7-10,12H,5-6,11H2,1-4H3. The SMILES string of the molecule is CCc1ccc(CC(C)N(C)CC)cc1. The first-order chi connectivity index (χ1) is 7.17. The van der Waals surface area contributed by atoms with Gasteiger partial charge in [0.1, 0.15) is 0 Å². The van der Waals surface area contributed by atoms with Crippen LogP contribution >= 0.6 is 0 Å². The second-order valence-electron chi connectivity index (χ2n) is 4.30. The maximum absolute atomic E-state index is 2.38. The molecule has 1 aromatic carbocycles. The molecule has 1 unspecified atom stereocenters. The molecule has 0 aliphatic heterocycles. The van der Waals surface area contributed by atoms with Gasteiger partial charge in [-0.3, -0.25) is 0 Å². The lowest BCUT2D eigenvalue weighted by Crippen LogP contribution is -2.30. The van der Waals surface area contributed by atoms with Crippen LogP contribution in [0.5, 0.6) is 0 Å². The van der Waals surface area contributed by atoms with Crippen LogP contribution in [0.1, 0.15) is 31.9 Å². The highest BCUT2D eigenvalue weighted by Crippen LogP contribution is 2.09. The van der Waals surface area contributed by atoms with E-state index in [-0.39, 0.29) is 0 Å². The van der Waals surface area contributed by atoms with Gasteiger partial charge in [-0.1, -0.05) is 38.1 Å². The van der Waals surface area contributed by atoms with Gasteiger partial charge in [0.2, 0.25) is 0 Å². The van der Waals surface area contributed by atoms with Crippen molar-refractivity contribution in [3.63, 3.8) is 0 Å². The Morgan fingerprint density at radius 1 is 1.07 bits per heavy atom. The molecular weight excluding hydrogens is 182 g/mol. The van der Waals surface area contributed by atoms with E-state index in [9.17, 15) is 0 Å². The summed E-state index contributed by atoms with van der Waals surface area (Å²) in [6.45, 7) is 7.81. The van der Waals surface area contributed by atoms with Gasteiger partial charge in [-0.05, 0) is 44.5 Å². The molecule has 0 aliphatic rings. The molecule has 1 nitrogen and oxygen atoms in total. The summed E-state index contributed by atoms with van der Waals surface area (Å²) >= 11 is 0. The Morgan fingerprint density at radius 3 is 2.07 bits per heavy atom. The lowest BCUT2D eigenvalue weighted by molar-refractivity contribution is 0.270. The summed E-state index contributed by atoms with van der Waals surface area (Å²) in [6, 6.07) is 9.64. The Labute approximate surface area is 94.1 Å². The molecule has 1 atom stereocenters. The highest BCUT2D eigenvalue weighted by atomic mass is 15.1. The Morgan fingerprint density at radius 2 is 1.60 bits per heavy atom. The molecule has 0 heterocycles. The molecule has 15 heavy (non-hydrogen) atoms. The van der Waals surface area contributed by atoms with E-state index in [1.54, 1.807) is 0 Å². The van der Waals surface area contributed by atoms with Gasteiger partial charge in [-0.2, -0.15) is 0 Å². The van der Waals surface area contributed by atoms with Crippen molar-refractivity contribution in [3.8, 4) is 0 Å². The molecule has 0 saturated carbocycles. The van der Waals surface area contributed by atoms with Crippen LogP contribution in [0, 0.1) is 0 Å². The molecule has 0 spiro atoms. The van der Waals surface area contributed by atoms with Crippen LogP contribution in [0.2, 0.25) is 0 Å². The molecule has 0 radical (unpaired) electrons. The van der Waals surface area contributed by atoms with Crippen LogP contribution < -0.4 is 0 Å². The smallest absolute Gasteiger partial charge is 0.0104 e. The normalized spacial score (nSPS) is 13.1. The molecule has 0 aromatic heterocycles. The Hall–Kier alpha value is -0.820. The predicted molar refractivity (Wildman–Crippen MR) is 67.3 cm³/mol. The van der Waals surface area contributed by atoms with Crippen molar-refractivity contribution in [1.82, 2.24) is 4.90 Å². The Bertz CT molecular complexity index is 276. The molecule has 0 amide bonds. The summed E-state index contributed by atoms with van der Waals surface area (Å²) in [6.07, 6.45) is 2.28. The minimum absolute atomic E-state index is 0.627. The fourth-order valence-electron chi connectivity index (χ4n) is 1.72. The van der Waals surface area contributed by atoms with Crippen LogP contribution in [0.3, 0.4) is 0 Å². The fraction of sp³-hybridized carbons (Fsp3) is 0.571. The largest absolute Gasteiger partial charge is 0.304 e. The quantitative estimate of drug-likeness (QED) is 0.714. The number of nitrogens with zero attached hydrogens (tertiary/aromatic N) is 1. The van der Waals surface area contributed by atoms with Gasteiger partial charge in [0.15, 0.2) is 0 Å². The zero-order valence-corrected chi connectivity index (χ0v) is 10.5. The van der Waals surface area contributed by atoms with Crippen molar-refractivity contribution in [3.05, 3.63) is 35.4 Å². The van der Waals surface area contributed by atoms with Crippen LogP contribution in [0.4, 0.5) is 0 Å². The van der Waals surface area contributed by atoms with Crippen molar-refractivity contribution < 1.29 is 0 Å². The van der Waals surface area contributed by atoms with Crippen molar-refractivity contribution in [2.45, 2.75) is 39.7 Å². The van der Waals surface area contributed by atoms with Crippen molar-refractivity contribution in [1.29, 1.82) is 0 Å². The number of benzene rings is 1. The molecule has 1 rings (SSSR count). The minimum Gasteiger partial charge on any atom is -0.304 e. The highest BCUT2D eigenvalue weighted by Gasteiger charge is 2.07. The van der Waals surface area contributed by atoms with Crippen LogP contribution in [0.25, 0.3) is 0 Å². The summed E-state index contributed by atoms with van der Waals surface area (Å²) in [5, 5.41) is 0. The topological polar surface area (TPSA) is 3.24 Å². The molecule has 84 valence electrons. The van der Waals surface area contributed by atoms with E-state index in [1.165, 1.54) is 11.1 Å². The fourth-order valence-corrected chi connectivity index (χ4v) is 1.72. The van der Waals surface area contributed by atoms with E-state index in [2.05, 4.69) is 57.0 Å². The van der Waals surface area contributed by atoms with Crippen LogP contribution in [-0.2, 0) is 12.8 Å². The van der Waals surface area contributed by atoms with Gasteiger partial charge in [0, 0.05) is 6.04 Å². The average Bonchev–Trinajstić information content (AvgIpc) is 2.29. The highest BCUT2D eigenvalue weighted by molar-refractivity contribution is 5.23. The van der Waals surface area contributed by atoms with E-state index in [4.69, 9.17) is 0 Å². The Kier molecular flexibility index (Phi) is 4.83. The molecule has 0 aliphatic carbocycles. The predicted octanol–water partition coefficient (Wildman–Crippen LogP) is 3.13. The number of hydrogen-bond donors (Lipinski definition) is 0. The third-order valence-corrected chi connectivity index (χ3v) is 3.21. The first kappa shape index (κ1) is 12.3. The molecule has 0 fully saturated rings. The summed E-state index contributed by atoms with van der Waals surface area (Å²) in [7, 11) is 2.19. The maximum Gasteiger partial charge on any atom is 0.0104 e. The second kappa shape index (κ2) is 5.92. The molecule has 0 N–H and O–H groups in total. The summed E-state index contributed by atoms with van der Waals surface area (Å²) in [5.41, 5.74) is 2.87. The van der Waals surface area contributed by atoms with Gasteiger partial charge in [0.05, 0.1) is 0 Å². The summed E-state index contributed by atoms with van der Waals surface area (Å²) in [5.74, 6) is 0.